The number of rotatable bonds is 6. The maximum absolute atomic E-state index is 12.1. The lowest BCUT2D eigenvalue weighted by Gasteiger charge is -2.16. The molecule has 0 aliphatic carbocycles. The second-order valence-corrected chi connectivity index (χ2v) is 6.02. The van der Waals surface area contributed by atoms with Crippen molar-refractivity contribution in [2.24, 2.45) is 5.92 Å². The van der Waals surface area contributed by atoms with E-state index >= 15 is 0 Å². The predicted molar refractivity (Wildman–Crippen MR) is 93.5 cm³/mol. The molecule has 0 radical (unpaired) electrons. The first-order valence-corrected chi connectivity index (χ1v) is 8.17. The topological polar surface area (TPSA) is 88.5 Å². The number of imidazole rings is 1. The fourth-order valence-corrected chi connectivity index (χ4v) is 2.64. The molecule has 0 saturated carbocycles. The van der Waals surface area contributed by atoms with Gasteiger partial charge in [0.1, 0.15) is 6.61 Å². The van der Waals surface area contributed by atoms with Crippen molar-refractivity contribution in [2.45, 2.75) is 13.5 Å². The molecule has 1 saturated heterocycles. The van der Waals surface area contributed by atoms with Gasteiger partial charge in [-0.05, 0) is 24.1 Å². The van der Waals surface area contributed by atoms with Gasteiger partial charge in [-0.1, -0.05) is 13.0 Å². The number of anilines is 2. The van der Waals surface area contributed by atoms with E-state index < -0.39 is 0 Å². The van der Waals surface area contributed by atoms with Crippen LogP contribution in [0.2, 0.25) is 0 Å². The zero-order chi connectivity index (χ0) is 17.6. The Morgan fingerprint density at radius 3 is 3.04 bits per heavy atom. The van der Waals surface area contributed by atoms with Crippen molar-refractivity contribution in [3.05, 3.63) is 43.0 Å². The minimum atomic E-state index is -0.366. The molecule has 8 heteroatoms. The fraction of sp³-hybridized carbons (Fsp3) is 0.353. The lowest BCUT2D eigenvalue weighted by Crippen LogP contribution is -2.33. The molecule has 1 aliphatic rings. The highest BCUT2D eigenvalue weighted by Crippen LogP contribution is 2.22. The Kier molecular flexibility index (Phi) is 5.17. The minimum Gasteiger partial charge on any atom is -0.447 e. The van der Waals surface area contributed by atoms with Crippen LogP contribution >= 0.6 is 0 Å². The summed E-state index contributed by atoms with van der Waals surface area (Å²) < 4.78 is 6.90. The molecule has 1 aliphatic heterocycles. The van der Waals surface area contributed by atoms with Gasteiger partial charge in [0.2, 0.25) is 0 Å². The summed E-state index contributed by atoms with van der Waals surface area (Å²) in [5, 5.41) is 5.64. The van der Waals surface area contributed by atoms with Crippen LogP contribution in [0.3, 0.4) is 0 Å². The van der Waals surface area contributed by atoms with Gasteiger partial charge < -0.3 is 19.9 Å². The third-order valence-electron chi connectivity index (χ3n) is 3.87. The van der Waals surface area contributed by atoms with Crippen LogP contribution < -0.4 is 15.5 Å². The maximum atomic E-state index is 12.1. The van der Waals surface area contributed by atoms with E-state index in [-0.39, 0.29) is 18.0 Å². The molecule has 1 aromatic carbocycles. The average Bonchev–Trinajstić information content (AvgIpc) is 3.25. The molecule has 0 spiro atoms. The Labute approximate surface area is 145 Å². The molecule has 25 heavy (non-hydrogen) atoms. The number of benzene rings is 1. The Bertz CT molecular complexity index is 732. The largest absolute Gasteiger partial charge is 0.447 e. The van der Waals surface area contributed by atoms with Gasteiger partial charge in [0.15, 0.2) is 0 Å². The van der Waals surface area contributed by atoms with Gasteiger partial charge in [0.25, 0.3) is 0 Å². The van der Waals surface area contributed by atoms with E-state index in [0.717, 1.165) is 6.54 Å². The summed E-state index contributed by atoms with van der Waals surface area (Å²) >= 11 is 0. The first-order valence-electron chi connectivity index (χ1n) is 8.17. The van der Waals surface area contributed by atoms with Crippen molar-refractivity contribution in [1.82, 2.24) is 14.9 Å². The normalized spacial score (nSPS) is 14.9. The van der Waals surface area contributed by atoms with Crippen molar-refractivity contribution in [2.75, 3.05) is 29.9 Å². The molecule has 2 N–H and O–H groups in total. The van der Waals surface area contributed by atoms with Crippen LogP contribution in [-0.4, -0.2) is 41.4 Å². The third kappa shape index (κ3) is 4.50. The maximum Gasteiger partial charge on any atom is 0.414 e. The number of urea groups is 1. The SMILES string of the molecule is C[C@H](CNC(=O)Nc1cccc(N2CCOC2=O)c1)Cn1ccnc1. The summed E-state index contributed by atoms with van der Waals surface area (Å²) in [6.45, 7) is 4.28. The van der Waals surface area contributed by atoms with Crippen molar-refractivity contribution in [3.63, 3.8) is 0 Å². The number of carbonyl (C=O) groups is 2. The van der Waals surface area contributed by atoms with Crippen LogP contribution in [-0.2, 0) is 11.3 Å². The molecule has 1 aromatic heterocycles. The molecule has 0 bridgehead atoms. The van der Waals surface area contributed by atoms with Crippen LogP contribution in [0.5, 0.6) is 0 Å². The second-order valence-electron chi connectivity index (χ2n) is 6.02. The second kappa shape index (κ2) is 7.69. The number of nitrogens with one attached hydrogen (secondary N) is 2. The molecule has 3 amide bonds. The molecule has 132 valence electrons. The van der Waals surface area contributed by atoms with E-state index in [4.69, 9.17) is 4.74 Å². The molecule has 2 heterocycles. The van der Waals surface area contributed by atoms with Crippen LogP contribution in [0, 0.1) is 5.92 Å². The molecule has 1 atom stereocenters. The lowest BCUT2D eigenvalue weighted by molar-refractivity contribution is 0.181. The van der Waals surface area contributed by atoms with Crippen molar-refractivity contribution >= 4 is 23.5 Å². The van der Waals surface area contributed by atoms with Gasteiger partial charge >= 0.3 is 12.1 Å². The summed E-state index contributed by atoms with van der Waals surface area (Å²) in [6.07, 6.45) is 5.02. The zero-order valence-corrected chi connectivity index (χ0v) is 14.0. The number of hydrogen-bond donors (Lipinski definition) is 2. The Morgan fingerprint density at radius 2 is 2.32 bits per heavy atom. The van der Waals surface area contributed by atoms with Gasteiger partial charge in [-0.15, -0.1) is 0 Å². The smallest absolute Gasteiger partial charge is 0.414 e. The minimum absolute atomic E-state index is 0.269. The molecule has 3 rings (SSSR count). The number of nitrogens with zero attached hydrogens (tertiary/aromatic N) is 3. The highest BCUT2D eigenvalue weighted by Gasteiger charge is 2.23. The van der Waals surface area contributed by atoms with E-state index in [1.54, 1.807) is 30.7 Å². The van der Waals surface area contributed by atoms with Crippen LogP contribution in [0.25, 0.3) is 0 Å². The number of aromatic nitrogens is 2. The van der Waals surface area contributed by atoms with Gasteiger partial charge in [-0.3, -0.25) is 4.90 Å². The first kappa shape index (κ1) is 16.8. The fourth-order valence-electron chi connectivity index (χ4n) is 2.64. The highest BCUT2D eigenvalue weighted by atomic mass is 16.6. The number of cyclic esters (lactones) is 1. The molecular formula is C17H21N5O3. The summed E-state index contributed by atoms with van der Waals surface area (Å²) in [4.78, 5) is 29.2. The standard InChI is InChI=1S/C17H21N5O3/c1-13(11-21-6-5-18-12-21)10-19-16(23)20-14-3-2-4-15(9-14)22-7-8-25-17(22)24/h2-6,9,12-13H,7-8,10-11H2,1H3,(H2,19,20,23)/t13-/m1/s1. The van der Waals surface area contributed by atoms with Gasteiger partial charge in [-0.25, -0.2) is 14.6 Å². The number of amides is 3. The Morgan fingerprint density at radius 1 is 1.44 bits per heavy atom. The monoisotopic (exact) mass is 343 g/mol. The number of ether oxygens (including phenoxy) is 1. The predicted octanol–water partition coefficient (Wildman–Crippen LogP) is 2.30. The first-order chi connectivity index (χ1) is 12.1. The third-order valence-corrected chi connectivity index (χ3v) is 3.87. The molecule has 8 nitrogen and oxygen atoms in total. The van der Waals surface area contributed by atoms with E-state index in [1.165, 1.54) is 4.90 Å². The average molecular weight is 343 g/mol. The summed E-state index contributed by atoms with van der Waals surface area (Å²) in [6, 6.07) is 6.85. The van der Waals surface area contributed by atoms with Gasteiger partial charge in [0, 0.05) is 36.9 Å². The quantitative estimate of drug-likeness (QED) is 0.842. The van der Waals surface area contributed by atoms with E-state index in [2.05, 4.69) is 22.5 Å². The molecule has 1 fully saturated rings. The zero-order valence-electron chi connectivity index (χ0n) is 14.0. The molecule has 0 unspecified atom stereocenters. The van der Waals surface area contributed by atoms with E-state index in [9.17, 15) is 9.59 Å². The van der Waals surface area contributed by atoms with Gasteiger partial charge in [-0.2, -0.15) is 0 Å². The van der Waals surface area contributed by atoms with Crippen LogP contribution in [0.15, 0.2) is 43.0 Å². The molecular weight excluding hydrogens is 322 g/mol. The Balaban J connectivity index is 1.50. The van der Waals surface area contributed by atoms with Gasteiger partial charge in [0.05, 0.1) is 12.9 Å². The summed E-state index contributed by atoms with van der Waals surface area (Å²) in [7, 11) is 0. The lowest BCUT2D eigenvalue weighted by atomic mass is 10.2. The summed E-state index contributed by atoms with van der Waals surface area (Å²) in [5.74, 6) is 0.269. The van der Waals surface area contributed by atoms with Crippen LogP contribution in [0.1, 0.15) is 6.92 Å². The van der Waals surface area contributed by atoms with Crippen molar-refractivity contribution in [1.29, 1.82) is 0 Å². The van der Waals surface area contributed by atoms with Crippen molar-refractivity contribution < 1.29 is 14.3 Å². The number of hydrogen-bond acceptors (Lipinski definition) is 4. The summed E-state index contributed by atoms with van der Waals surface area (Å²) in [5.41, 5.74) is 1.32. The highest BCUT2D eigenvalue weighted by molar-refractivity contribution is 5.93. The van der Waals surface area contributed by atoms with E-state index in [1.807, 2.05) is 16.8 Å². The number of carbonyl (C=O) groups excluding carboxylic acids is 2. The van der Waals surface area contributed by atoms with E-state index in [0.29, 0.717) is 31.1 Å². The molecule has 2 aromatic rings. The van der Waals surface area contributed by atoms with Crippen LogP contribution in [0.4, 0.5) is 21.0 Å². The van der Waals surface area contributed by atoms with Crippen molar-refractivity contribution in [3.8, 4) is 0 Å². The Hall–Kier alpha value is -3.03.